The number of hydrogen-bond donors (Lipinski definition) is 3. The Morgan fingerprint density at radius 3 is 1.50 bits per heavy atom. The van der Waals surface area contributed by atoms with E-state index in [9.17, 15) is 18.0 Å². The smallest absolute Gasteiger partial charge is 0.325 e. The van der Waals surface area contributed by atoms with Crippen LogP contribution in [0.5, 0.6) is 0 Å². The standard InChI is InChI=1S/C9H19.C4H6O7S.Na/c1-8(2)6-5-7-9(3)4;5-3(6)1-2(4(7)8)12(9,10)11;/h5,8-9H,6-7H2,1-4H3;2H,1H2,(H,5,6)(H,7,8)(H,9,10,11);. The number of carboxylic acids is 2. The zero-order valence-corrected chi connectivity index (χ0v) is 16.6. The van der Waals surface area contributed by atoms with Gasteiger partial charge in [0.25, 0.3) is 10.1 Å². The topological polar surface area (TPSA) is 129 Å². The molecule has 0 bridgehead atoms. The summed E-state index contributed by atoms with van der Waals surface area (Å²) in [6, 6.07) is 0. The van der Waals surface area contributed by atoms with Gasteiger partial charge >= 0.3 is 95.4 Å². The molecule has 0 heterocycles. The van der Waals surface area contributed by atoms with Gasteiger partial charge in [-0.15, -0.1) is 0 Å². The molecule has 0 spiro atoms. The van der Waals surface area contributed by atoms with Gasteiger partial charge in [-0.2, -0.15) is 8.42 Å². The molecule has 0 aromatic rings. The Balaban J connectivity index is 0. The third kappa shape index (κ3) is 14.8. The van der Waals surface area contributed by atoms with Gasteiger partial charge in [-0.05, 0) is 0 Å². The van der Waals surface area contributed by atoms with Crippen LogP contribution < -0.4 is 0 Å². The zero-order valence-electron chi connectivity index (χ0n) is 13.8. The van der Waals surface area contributed by atoms with E-state index in [0.29, 0.717) is 0 Å². The Hall–Kier alpha value is -0.150. The van der Waals surface area contributed by atoms with Crippen LogP contribution in [0, 0.1) is 11.8 Å². The maximum Gasteiger partial charge on any atom is 0.325 e. The molecule has 1 atom stereocenters. The minimum absolute atomic E-state index is 0.904. The SMILES string of the molecule is CC(C)C[CH]([Na])CC(C)C.O=C(O)CC(C(=O)O)S(=O)(=O)O. The second kappa shape index (κ2) is 11.4. The molecule has 0 aromatic carbocycles. The number of hydrogen-bond acceptors (Lipinski definition) is 4. The number of carboxylic acid groups (broad SMARTS) is 2. The number of carbonyl (C=O) groups is 2. The first-order valence-electron chi connectivity index (χ1n) is 7.18. The van der Waals surface area contributed by atoms with Crippen molar-refractivity contribution in [2.45, 2.75) is 55.4 Å². The van der Waals surface area contributed by atoms with Gasteiger partial charge in [0.2, 0.25) is 0 Å². The van der Waals surface area contributed by atoms with Crippen LogP contribution in [0.1, 0.15) is 47.0 Å². The van der Waals surface area contributed by atoms with Gasteiger partial charge in [0.1, 0.15) is 0 Å². The monoisotopic (exact) mass is 348 g/mol. The van der Waals surface area contributed by atoms with E-state index >= 15 is 0 Å². The molecule has 1 unspecified atom stereocenters. The Kier molecular flexibility index (Phi) is 12.5. The summed E-state index contributed by atoms with van der Waals surface area (Å²) >= 11 is 1.38. The molecule has 0 rings (SSSR count). The molecule has 0 aliphatic heterocycles. The molecule has 0 saturated heterocycles. The van der Waals surface area contributed by atoms with E-state index in [4.69, 9.17) is 14.8 Å². The Morgan fingerprint density at radius 1 is 1.00 bits per heavy atom. The van der Waals surface area contributed by atoms with E-state index in [1.165, 1.54) is 40.8 Å². The first-order valence-corrected chi connectivity index (χ1v) is 9.84. The summed E-state index contributed by atoms with van der Waals surface area (Å²) in [6.45, 7) is 9.30. The fourth-order valence-electron chi connectivity index (χ4n) is 2.18. The van der Waals surface area contributed by atoms with Crippen molar-refractivity contribution in [2.24, 2.45) is 11.8 Å². The van der Waals surface area contributed by atoms with Gasteiger partial charge in [-0.3, -0.25) is 14.1 Å². The molecule has 7 nitrogen and oxygen atoms in total. The van der Waals surface area contributed by atoms with Gasteiger partial charge in [0, 0.05) is 0 Å². The quantitative estimate of drug-likeness (QED) is 0.451. The van der Waals surface area contributed by atoms with Crippen molar-refractivity contribution in [2.75, 3.05) is 0 Å². The van der Waals surface area contributed by atoms with Crippen LogP contribution in [0.2, 0.25) is 3.17 Å². The molecule has 0 fully saturated rings. The Morgan fingerprint density at radius 2 is 1.36 bits per heavy atom. The van der Waals surface area contributed by atoms with Crippen LogP contribution in [0.4, 0.5) is 0 Å². The fraction of sp³-hybridized carbons (Fsp3) is 0.846. The van der Waals surface area contributed by atoms with Crippen LogP contribution in [-0.2, 0) is 19.7 Å². The molecule has 0 aliphatic rings. The molecule has 3 N–H and O–H groups in total. The summed E-state index contributed by atoms with van der Waals surface area (Å²) in [6.07, 6.45) is 1.74. The average molecular weight is 348 g/mol. The van der Waals surface area contributed by atoms with Gasteiger partial charge in [0.05, 0.1) is 6.42 Å². The summed E-state index contributed by atoms with van der Waals surface area (Å²) in [5, 5.41) is 13.9. The Labute approximate surface area is 149 Å². The molecule has 126 valence electrons. The predicted octanol–water partition coefficient (Wildman–Crippen LogP) is 1.84. The van der Waals surface area contributed by atoms with Crippen molar-refractivity contribution in [1.29, 1.82) is 0 Å². The summed E-state index contributed by atoms with van der Waals surface area (Å²) in [4.78, 5) is 20.0. The van der Waals surface area contributed by atoms with Crippen LogP contribution in [0.3, 0.4) is 0 Å². The van der Waals surface area contributed by atoms with Gasteiger partial charge in [-0.1, -0.05) is 0 Å². The third-order valence-electron chi connectivity index (χ3n) is 2.74. The average Bonchev–Trinajstić information content (AvgIpc) is 2.21. The molecular weight excluding hydrogens is 323 g/mol. The van der Waals surface area contributed by atoms with Crippen molar-refractivity contribution in [3.05, 3.63) is 0 Å². The molecule has 9 heteroatoms. The molecule has 0 aromatic heterocycles. The Bertz CT molecular complexity index is 435. The minimum Gasteiger partial charge on any atom is -0.481 e. The van der Waals surface area contributed by atoms with E-state index in [1.807, 2.05) is 0 Å². The van der Waals surface area contributed by atoms with Gasteiger partial charge in [0.15, 0.2) is 5.25 Å². The summed E-state index contributed by atoms with van der Waals surface area (Å²) in [7, 11) is -4.84. The zero-order chi connectivity index (χ0) is 18.1. The molecule has 22 heavy (non-hydrogen) atoms. The molecular formula is C13H25NaO7S. The van der Waals surface area contributed by atoms with Crippen molar-refractivity contribution in [3.8, 4) is 0 Å². The molecule has 0 amide bonds. The second-order valence-electron chi connectivity index (χ2n) is 6.30. The van der Waals surface area contributed by atoms with Crippen molar-refractivity contribution >= 4 is 50.0 Å². The van der Waals surface area contributed by atoms with E-state index in [-0.39, 0.29) is 0 Å². The summed E-state index contributed by atoms with van der Waals surface area (Å²) in [5.74, 6) is -1.69. The van der Waals surface area contributed by atoms with Gasteiger partial charge < -0.3 is 10.2 Å². The third-order valence-corrected chi connectivity index (χ3v) is 4.77. The van der Waals surface area contributed by atoms with Crippen molar-refractivity contribution in [1.82, 2.24) is 0 Å². The maximum atomic E-state index is 10.2. The van der Waals surface area contributed by atoms with Crippen LogP contribution >= 0.6 is 0 Å². The van der Waals surface area contributed by atoms with E-state index in [1.54, 1.807) is 0 Å². The summed E-state index contributed by atoms with van der Waals surface area (Å²) < 4.78 is 29.7. The molecule has 0 aliphatic carbocycles. The van der Waals surface area contributed by atoms with E-state index in [0.717, 1.165) is 15.0 Å². The van der Waals surface area contributed by atoms with Crippen molar-refractivity contribution in [3.63, 3.8) is 0 Å². The summed E-state index contributed by atoms with van der Waals surface area (Å²) in [5.41, 5.74) is 0. The number of aliphatic carboxylic acids is 2. The maximum absolute atomic E-state index is 10.2. The van der Waals surface area contributed by atoms with E-state index in [2.05, 4.69) is 27.7 Å². The first-order chi connectivity index (χ1) is 9.77. The van der Waals surface area contributed by atoms with Crippen LogP contribution in [-0.4, -0.2) is 68.3 Å². The fourth-order valence-corrected chi connectivity index (χ4v) is 4.68. The van der Waals surface area contributed by atoms with Crippen LogP contribution in [0.25, 0.3) is 0 Å². The predicted molar refractivity (Wildman–Crippen MR) is 83.6 cm³/mol. The minimum atomic E-state index is -4.84. The molecule has 0 saturated carbocycles. The van der Waals surface area contributed by atoms with E-state index < -0.39 is 33.7 Å². The number of rotatable bonds is 8. The van der Waals surface area contributed by atoms with Crippen LogP contribution in [0.15, 0.2) is 0 Å². The first kappa shape index (κ1) is 24.1. The van der Waals surface area contributed by atoms with Gasteiger partial charge in [-0.25, -0.2) is 0 Å². The largest absolute Gasteiger partial charge is 0.481 e. The molecule has 0 radical (unpaired) electrons. The second-order valence-corrected chi connectivity index (χ2v) is 9.54. The normalized spacial score (nSPS) is 13.0. The van der Waals surface area contributed by atoms with Crippen molar-refractivity contribution < 1.29 is 32.8 Å².